The highest BCUT2D eigenvalue weighted by molar-refractivity contribution is 7.91. The van der Waals surface area contributed by atoms with Gasteiger partial charge >= 0.3 is 0 Å². The van der Waals surface area contributed by atoms with Crippen molar-refractivity contribution in [2.75, 3.05) is 13.4 Å². The number of hydrogen-bond acceptors (Lipinski definition) is 5. The minimum Gasteiger partial charge on any atom is -0.495 e. The summed E-state index contributed by atoms with van der Waals surface area (Å²) in [4.78, 5) is 0.0316. The summed E-state index contributed by atoms with van der Waals surface area (Å²) in [5.74, 6) is 0.115. The van der Waals surface area contributed by atoms with Gasteiger partial charge in [-0.3, -0.25) is 0 Å². The third-order valence-corrected chi connectivity index (χ3v) is 7.15. The Balaban J connectivity index is 2.33. The predicted molar refractivity (Wildman–Crippen MR) is 81.0 cm³/mol. The van der Waals surface area contributed by atoms with Crippen LogP contribution in [0.3, 0.4) is 0 Å². The summed E-state index contributed by atoms with van der Waals surface area (Å²) in [5, 5.41) is -0.290. The van der Waals surface area contributed by atoms with E-state index in [1.54, 1.807) is 6.07 Å². The summed E-state index contributed by atoms with van der Waals surface area (Å²) in [6.07, 6.45) is 4.39. The molecular formula is C14H20O5S2. The molecule has 21 heavy (non-hydrogen) atoms. The van der Waals surface area contributed by atoms with Gasteiger partial charge in [-0.2, -0.15) is 0 Å². The molecule has 0 atom stereocenters. The van der Waals surface area contributed by atoms with Crippen molar-refractivity contribution in [2.45, 2.75) is 41.6 Å². The average Bonchev–Trinajstić information content (AvgIpc) is 2.92. The van der Waals surface area contributed by atoms with Crippen LogP contribution in [0.4, 0.5) is 0 Å². The average molecular weight is 332 g/mol. The second kappa shape index (κ2) is 5.96. The fourth-order valence-corrected chi connectivity index (χ4v) is 5.51. The first kappa shape index (κ1) is 16.3. The number of ether oxygens (including phenoxy) is 1. The standard InChI is InChI=1S/C14H20O5S2/c1-19-13-8-7-11(9-14(13)20(2,15)16)10-21(17,18)12-5-3-4-6-12/h7-9,12H,3-6,10H2,1-2H3. The molecule has 118 valence electrons. The van der Waals surface area contributed by atoms with Gasteiger partial charge in [-0.15, -0.1) is 0 Å². The van der Waals surface area contributed by atoms with E-state index in [0.29, 0.717) is 18.4 Å². The van der Waals surface area contributed by atoms with E-state index in [4.69, 9.17) is 4.74 Å². The Morgan fingerprint density at radius 1 is 1.14 bits per heavy atom. The molecule has 0 aromatic heterocycles. The molecule has 0 radical (unpaired) electrons. The zero-order valence-electron chi connectivity index (χ0n) is 12.2. The minimum absolute atomic E-state index is 0.0316. The number of methoxy groups -OCH3 is 1. The van der Waals surface area contributed by atoms with Crippen LogP contribution in [-0.4, -0.2) is 35.5 Å². The molecule has 1 aliphatic carbocycles. The van der Waals surface area contributed by atoms with Crippen molar-refractivity contribution in [3.05, 3.63) is 23.8 Å². The van der Waals surface area contributed by atoms with E-state index < -0.39 is 19.7 Å². The van der Waals surface area contributed by atoms with Gasteiger partial charge < -0.3 is 4.74 Å². The number of sulfone groups is 2. The minimum atomic E-state index is -3.46. The number of rotatable bonds is 5. The van der Waals surface area contributed by atoms with Crippen molar-refractivity contribution in [1.29, 1.82) is 0 Å². The largest absolute Gasteiger partial charge is 0.495 e. The fraction of sp³-hybridized carbons (Fsp3) is 0.571. The van der Waals surface area contributed by atoms with Gasteiger partial charge in [0.25, 0.3) is 0 Å². The zero-order valence-corrected chi connectivity index (χ0v) is 13.8. The first-order valence-electron chi connectivity index (χ1n) is 6.82. The van der Waals surface area contributed by atoms with Crippen molar-refractivity contribution < 1.29 is 21.6 Å². The van der Waals surface area contributed by atoms with Gasteiger partial charge in [-0.1, -0.05) is 18.9 Å². The van der Waals surface area contributed by atoms with Gasteiger partial charge in [0.1, 0.15) is 10.6 Å². The van der Waals surface area contributed by atoms with E-state index in [-0.39, 0.29) is 21.6 Å². The summed E-state index contributed by atoms with van der Waals surface area (Å²) in [6.45, 7) is 0. The maximum atomic E-state index is 12.3. The molecule has 0 saturated heterocycles. The van der Waals surface area contributed by atoms with Crippen LogP contribution in [0.2, 0.25) is 0 Å². The lowest BCUT2D eigenvalue weighted by atomic mass is 10.2. The quantitative estimate of drug-likeness (QED) is 0.823. The van der Waals surface area contributed by atoms with Gasteiger partial charge in [0, 0.05) is 6.26 Å². The number of benzene rings is 1. The molecule has 7 heteroatoms. The van der Waals surface area contributed by atoms with Crippen LogP contribution in [0.1, 0.15) is 31.2 Å². The van der Waals surface area contributed by atoms with E-state index >= 15 is 0 Å². The third kappa shape index (κ3) is 3.77. The number of hydrogen-bond donors (Lipinski definition) is 0. The lowest BCUT2D eigenvalue weighted by molar-refractivity contribution is 0.402. The Morgan fingerprint density at radius 3 is 2.29 bits per heavy atom. The van der Waals surface area contributed by atoms with Crippen molar-refractivity contribution >= 4 is 19.7 Å². The molecule has 5 nitrogen and oxygen atoms in total. The van der Waals surface area contributed by atoms with Crippen molar-refractivity contribution in [3.8, 4) is 5.75 Å². The third-order valence-electron chi connectivity index (χ3n) is 3.81. The Kier molecular flexibility index (Phi) is 4.63. The summed E-state index contributed by atoms with van der Waals surface area (Å²) >= 11 is 0. The molecule has 0 N–H and O–H groups in total. The Morgan fingerprint density at radius 2 is 1.76 bits per heavy atom. The molecule has 2 rings (SSSR count). The molecule has 0 unspecified atom stereocenters. The molecule has 0 aliphatic heterocycles. The van der Waals surface area contributed by atoms with Gasteiger partial charge in [0.2, 0.25) is 0 Å². The SMILES string of the molecule is COc1ccc(CS(=O)(=O)C2CCCC2)cc1S(C)(=O)=O. The van der Waals surface area contributed by atoms with Crippen molar-refractivity contribution in [1.82, 2.24) is 0 Å². The van der Waals surface area contributed by atoms with Gasteiger partial charge in [-0.25, -0.2) is 16.8 Å². The zero-order chi connectivity index (χ0) is 15.7. The molecule has 1 aromatic rings. The van der Waals surface area contributed by atoms with Crippen LogP contribution in [0, 0.1) is 0 Å². The second-order valence-electron chi connectivity index (χ2n) is 5.47. The smallest absolute Gasteiger partial charge is 0.179 e. The van der Waals surface area contributed by atoms with Gasteiger partial charge in [0.15, 0.2) is 19.7 Å². The van der Waals surface area contributed by atoms with Crippen molar-refractivity contribution in [3.63, 3.8) is 0 Å². The Bertz CT molecular complexity index is 714. The Labute approximate surface area is 126 Å². The van der Waals surface area contributed by atoms with E-state index in [1.807, 2.05) is 0 Å². The molecule has 0 spiro atoms. The van der Waals surface area contributed by atoms with Crippen LogP contribution < -0.4 is 4.74 Å². The summed E-state index contributed by atoms with van der Waals surface area (Å²) < 4.78 is 53.2. The monoisotopic (exact) mass is 332 g/mol. The van der Waals surface area contributed by atoms with E-state index in [2.05, 4.69) is 0 Å². The van der Waals surface area contributed by atoms with Crippen molar-refractivity contribution in [2.24, 2.45) is 0 Å². The highest BCUT2D eigenvalue weighted by atomic mass is 32.2. The molecule has 1 fully saturated rings. The molecular weight excluding hydrogens is 312 g/mol. The van der Waals surface area contributed by atoms with Crippen LogP contribution >= 0.6 is 0 Å². The van der Waals surface area contributed by atoms with Gasteiger partial charge in [0.05, 0.1) is 18.1 Å². The topological polar surface area (TPSA) is 77.5 Å². The van der Waals surface area contributed by atoms with E-state index in [1.165, 1.54) is 19.2 Å². The normalized spacial score (nSPS) is 17.0. The molecule has 0 heterocycles. The highest BCUT2D eigenvalue weighted by Gasteiger charge is 2.29. The molecule has 1 aromatic carbocycles. The lowest BCUT2D eigenvalue weighted by Crippen LogP contribution is -2.19. The maximum Gasteiger partial charge on any atom is 0.179 e. The molecule has 0 amide bonds. The summed E-state index contributed by atoms with van der Waals surface area (Å²) in [5.41, 5.74) is 0.489. The lowest BCUT2D eigenvalue weighted by Gasteiger charge is -2.13. The summed E-state index contributed by atoms with van der Waals surface area (Å²) in [7, 11) is -5.31. The fourth-order valence-electron chi connectivity index (χ4n) is 2.70. The molecule has 1 saturated carbocycles. The second-order valence-corrected chi connectivity index (χ2v) is 9.74. The van der Waals surface area contributed by atoms with Crippen LogP contribution in [-0.2, 0) is 25.4 Å². The van der Waals surface area contributed by atoms with Crippen LogP contribution in [0.5, 0.6) is 5.75 Å². The Hall–Kier alpha value is -1.08. The van der Waals surface area contributed by atoms with Crippen LogP contribution in [0.15, 0.2) is 23.1 Å². The van der Waals surface area contributed by atoms with E-state index in [9.17, 15) is 16.8 Å². The van der Waals surface area contributed by atoms with E-state index in [0.717, 1.165) is 19.1 Å². The van der Waals surface area contributed by atoms with Gasteiger partial charge in [-0.05, 0) is 30.5 Å². The maximum absolute atomic E-state index is 12.3. The first-order valence-corrected chi connectivity index (χ1v) is 10.4. The van der Waals surface area contributed by atoms with Crippen LogP contribution in [0.25, 0.3) is 0 Å². The molecule has 1 aliphatic rings. The predicted octanol–water partition coefficient (Wildman–Crippen LogP) is 1.96. The highest BCUT2D eigenvalue weighted by Crippen LogP contribution is 2.29. The molecule has 0 bridgehead atoms. The summed E-state index contributed by atoms with van der Waals surface area (Å²) in [6, 6.07) is 4.52. The first-order chi connectivity index (χ1) is 9.74.